The van der Waals surface area contributed by atoms with Crippen molar-refractivity contribution < 1.29 is 9.90 Å². The molecule has 0 fully saturated rings. The van der Waals surface area contributed by atoms with Gasteiger partial charge in [0.05, 0.1) is 0 Å². The molecule has 0 spiro atoms. The number of nitrogens with one attached hydrogen (secondary N) is 1. The van der Waals surface area contributed by atoms with Gasteiger partial charge < -0.3 is 10.4 Å². The number of hydrogen-bond donors (Lipinski definition) is 2. The van der Waals surface area contributed by atoms with E-state index in [0.717, 1.165) is 9.37 Å². The second-order valence-electron chi connectivity index (χ2n) is 3.90. The second-order valence-corrected chi connectivity index (χ2v) is 5.76. The third kappa shape index (κ3) is 2.36. The van der Waals surface area contributed by atoms with Gasteiger partial charge in [-0.2, -0.15) is 0 Å². The van der Waals surface area contributed by atoms with Crippen LogP contribution in [0, 0.1) is 0 Å². The number of benzene rings is 1. The Labute approximate surface area is 121 Å². The Morgan fingerprint density at radius 3 is 2.79 bits per heavy atom. The minimum Gasteiger partial charge on any atom is -0.378 e. The molecule has 1 aliphatic rings. The fourth-order valence-corrected chi connectivity index (χ4v) is 3.12. The van der Waals surface area contributed by atoms with Gasteiger partial charge in [-0.15, -0.1) is 0 Å². The van der Waals surface area contributed by atoms with Gasteiger partial charge in [-0.25, -0.2) is 9.97 Å². The molecule has 96 valence electrons. The number of carbonyl (C=O) groups excluding carboxylic acids is 1. The maximum atomic E-state index is 11.4. The van der Waals surface area contributed by atoms with E-state index in [9.17, 15) is 9.90 Å². The Kier molecular flexibility index (Phi) is 3.26. The van der Waals surface area contributed by atoms with Crippen molar-refractivity contribution in [3.05, 3.63) is 40.6 Å². The van der Waals surface area contributed by atoms with E-state index in [-0.39, 0.29) is 0 Å². The SMILES string of the molecule is O=C1Nc2cc(Sc3ncccn3)c(Br)cc2C1O. The summed E-state index contributed by atoms with van der Waals surface area (Å²) in [6, 6.07) is 5.29. The molecular weight excluding hydrogens is 330 g/mol. The predicted octanol–water partition coefficient (Wildman–Crippen LogP) is 2.38. The highest BCUT2D eigenvalue weighted by molar-refractivity contribution is 9.10. The molecule has 1 atom stereocenters. The molecule has 0 aliphatic carbocycles. The fourth-order valence-electron chi connectivity index (χ4n) is 1.76. The van der Waals surface area contributed by atoms with E-state index < -0.39 is 12.0 Å². The Bertz CT molecular complexity index is 651. The van der Waals surface area contributed by atoms with Crippen LogP contribution in [-0.2, 0) is 4.79 Å². The van der Waals surface area contributed by atoms with Crippen LogP contribution in [0.15, 0.2) is 45.1 Å². The topological polar surface area (TPSA) is 75.1 Å². The quantitative estimate of drug-likeness (QED) is 0.823. The Morgan fingerprint density at radius 2 is 2.05 bits per heavy atom. The number of aromatic nitrogens is 2. The second kappa shape index (κ2) is 4.92. The molecule has 2 N–H and O–H groups in total. The summed E-state index contributed by atoms with van der Waals surface area (Å²) in [5, 5.41) is 12.9. The van der Waals surface area contributed by atoms with Crippen LogP contribution in [0.25, 0.3) is 0 Å². The summed E-state index contributed by atoms with van der Waals surface area (Å²) in [5.74, 6) is -0.403. The maximum Gasteiger partial charge on any atom is 0.257 e. The monoisotopic (exact) mass is 337 g/mol. The zero-order valence-corrected chi connectivity index (χ0v) is 11.9. The van der Waals surface area contributed by atoms with Crippen molar-refractivity contribution in [2.24, 2.45) is 0 Å². The van der Waals surface area contributed by atoms with Crippen LogP contribution >= 0.6 is 27.7 Å². The average Bonchev–Trinajstić information content (AvgIpc) is 2.67. The number of anilines is 1. The lowest BCUT2D eigenvalue weighted by Gasteiger charge is -2.07. The van der Waals surface area contributed by atoms with E-state index >= 15 is 0 Å². The van der Waals surface area contributed by atoms with Gasteiger partial charge in [-0.1, -0.05) is 0 Å². The van der Waals surface area contributed by atoms with E-state index in [4.69, 9.17) is 0 Å². The molecule has 2 heterocycles. The van der Waals surface area contributed by atoms with Crippen LogP contribution < -0.4 is 5.32 Å². The van der Waals surface area contributed by atoms with Crippen LogP contribution in [0.1, 0.15) is 11.7 Å². The number of nitrogens with zero attached hydrogens (tertiary/aromatic N) is 2. The molecule has 0 radical (unpaired) electrons. The normalized spacial score (nSPS) is 17.2. The zero-order chi connectivity index (χ0) is 13.4. The lowest BCUT2D eigenvalue weighted by atomic mass is 10.1. The van der Waals surface area contributed by atoms with Gasteiger partial charge in [0.2, 0.25) is 0 Å². The molecule has 7 heteroatoms. The first-order chi connectivity index (χ1) is 9.15. The van der Waals surface area contributed by atoms with Crippen LogP contribution in [0.5, 0.6) is 0 Å². The van der Waals surface area contributed by atoms with Crippen LogP contribution in [-0.4, -0.2) is 21.0 Å². The molecular formula is C12H8BrN3O2S. The van der Waals surface area contributed by atoms with E-state index in [1.165, 1.54) is 11.8 Å². The van der Waals surface area contributed by atoms with E-state index in [1.807, 2.05) is 0 Å². The molecule has 5 nitrogen and oxygen atoms in total. The van der Waals surface area contributed by atoms with Crippen molar-refractivity contribution in [3.8, 4) is 0 Å². The summed E-state index contributed by atoms with van der Waals surface area (Å²) in [7, 11) is 0. The summed E-state index contributed by atoms with van der Waals surface area (Å²) in [5.41, 5.74) is 1.20. The lowest BCUT2D eigenvalue weighted by molar-refractivity contribution is -0.123. The number of fused-ring (bicyclic) bond motifs is 1. The Balaban J connectivity index is 1.97. The van der Waals surface area contributed by atoms with Crippen molar-refractivity contribution >= 4 is 39.3 Å². The number of carbonyl (C=O) groups is 1. The van der Waals surface area contributed by atoms with Crippen LogP contribution in [0.3, 0.4) is 0 Å². The number of rotatable bonds is 2. The highest BCUT2D eigenvalue weighted by atomic mass is 79.9. The van der Waals surface area contributed by atoms with Crippen molar-refractivity contribution in [2.45, 2.75) is 16.2 Å². The van der Waals surface area contributed by atoms with Gasteiger partial charge in [0.1, 0.15) is 0 Å². The number of hydrogen-bond acceptors (Lipinski definition) is 5. The molecule has 2 aromatic rings. The number of aliphatic hydroxyl groups excluding tert-OH is 1. The molecule has 1 unspecified atom stereocenters. The first kappa shape index (κ1) is 12.6. The smallest absolute Gasteiger partial charge is 0.257 e. The standard InChI is InChI=1S/C12H8BrN3O2S/c13-7-4-6-8(16-11(18)10(6)17)5-9(7)19-12-14-2-1-3-15-12/h1-5,10,17H,(H,16,18). The molecule has 1 aromatic carbocycles. The average molecular weight is 338 g/mol. The van der Waals surface area contributed by atoms with E-state index in [2.05, 4.69) is 31.2 Å². The van der Waals surface area contributed by atoms with Gasteiger partial charge in [-0.3, -0.25) is 4.79 Å². The first-order valence-electron chi connectivity index (χ1n) is 5.42. The molecule has 1 amide bonds. The molecule has 19 heavy (non-hydrogen) atoms. The van der Waals surface area contributed by atoms with E-state index in [1.54, 1.807) is 30.6 Å². The van der Waals surface area contributed by atoms with Crippen molar-refractivity contribution in [1.82, 2.24) is 9.97 Å². The molecule has 0 saturated carbocycles. The summed E-state index contributed by atoms with van der Waals surface area (Å²) in [6.45, 7) is 0. The first-order valence-corrected chi connectivity index (χ1v) is 7.03. The van der Waals surface area contributed by atoms with Crippen molar-refractivity contribution in [1.29, 1.82) is 0 Å². The molecule has 1 aliphatic heterocycles. The maximum absolute atomic E-state index is 11.4. The summed E-state index contributed by atoms with van der Waals surface area (Å²) >= 11 is 4.81. The highest BCUT2D eigenvalue weighted by Gasteiger charge is 2.29. The Hall–Kier alpha value is -1.44. The summed E-state index contributed by atoms with van der Waals surface area (Å²) in [4.78, 5) is 20.5. The van der Waals surface area contributed by atoms with E-state index in [0.29, 0.717) is 16.4 Å². The minimum absolute atomic E-state index is 0.403. The van der Waals surface area contributed by atoms with Gasteiger partial charge in [-0.05, 0) is 45.9 Å². The molecule has 1 aromatic heterocycles. The third-order valence-electron chi connectivity index (χ3n) is 2.65. The minimum atomic E-state index is -1.10. The number of aliphatic hydroxyl groups is 1. The summed E-state index contributed by atoms with van der Waals surface area (Å²) in [6.07, 6.45) is 2.24. The number of amides is 1. The fraction of sp³-hybridized carbons (Fsp3) is 0.0833. The van der Waals surface area contributed by atoms with Gasteiger partial charge in [0.25, 0.3) is 5.91 Å². The molecule has 0 saturated heterocycles. The Morgan fingerprint density at radius 1 is 1.32 bits per heavy atom. The van der Waals surface area contributed by atoms with Gasteiger partial charge in [0, 0.05) is 33.0 Å². The highest BCUT2D eigenvalue weighted by Crippen LogP contribution is 2.40. The molecule has 0 bridgehead atoms. The number of halogens is 1. The van der Waals surface area contributed by atoms with Crippen LogP contribution in [0.4, 0.5) is 5.69 Å². The van der Waals surface area contributed by atoms with Crippen molar-refractivity contribution in [2.75, 3.05) is 5.32 Å². The summed E-state index contributed by atoms with van der Waals surface area (Å²) < 4.78 is 0.791. The predicted molar refractivity (Wildman–Crippen MR) is 73.9 cm³/mol. The van der Waals surface area contributed by atoms with Crippen molar-refractivity contribution in [3.63, 3.8) is 0 Å². The van der Waals surface area contributed by atoms with Crippen LogP contribution in [0.2, 0.25) is 0 Å². The third-order valence-corrected chi connectivity index (χ3v) is 4.52. The zero-order valence-electron chi connectivity index (χ0n) is 9.50. The largest absolute Gasteiger partial charge is 0.378 e. The lowest BCUT2D eigenvalue weighted by Crippen LogP contribution is -2.10. The van der Waals surface area contributed by atoms with Gasteiger partial charge >= 0.3 is 0 Å². The van der Waals surface area contributed by atoms with Gasteiger partial charge in [0.15, 0.2) is 11.3 Å². The molecule has 3 rings (SSSR count).